The van der Waals surface area contributed by atoms with E-state index in [4.69, 9.17) is 4.98 Å². The van der Waals surface area contributed by atoms with Crippen molar-refractivity contribution in [3.8, 4) is 0 Å². The number of nitrogens with one attached hydrogen (secondary N) is 1. The number of aromatic nitrogens is 1. The third-order valence-corrected chi connectivity index (χ3v) is 6.45. The molecule has 1 aliphatic heterocycles. The lowest BCUT2D eigenvalue weighted by Crippen LogP contribution is -2.30. The topological polar surface area (TPSA) is 24.9 Å². The van der Waals surface area contributed by atoms with Crippen LogP contribution in [0, 0.1) is 11.8 Å². The maximum Gasteiger partial charge on any atom is 0.111 e. The van der Waals surface area contributed by atoms with Crippen LogP contribution in [0.25, 0.3) is 0 Å². The zero-order chi connectivity index (χ0) is 12.5. The maximum absolute atomic E-state index is 4.91. The fourth-order valence-corrected chi connectivity index (χ4v) is 5.19. The third kappa shape index (κ3) is 2.61. The van der Waals surface area contributed by atoms with Crippen LogP contribution in [0.15, 0.2) is 0 Å². The van der Waals surface area contributed by atoms with Crippen molar-refractivity contribution in [3.05, 3.63) is 15.6 Å². The second kappa shape index (κ2) is 5.51. The SMILES string of the molecule is CC(C)C1CCc2nc(C3CSCCN3)sc2C1. The van der Waals surface area contributed by atoms with Crippen molar-refractivity contribution in [2.45, 2.75) is 39.2 Å². The summed E-state index contributed by atoms with van der Waals surface area (Å²) in [5.41, 5.74) is 1.41. The van der Waals surface area contributed by atoms with Gasteiger partial charge in [0.2, 0.25) is 0 Å². The molecule has 0 saturated carbocycles. The van der Waals surface area contributed by atoms with E-state index >= 15 is 0 Å². The Morgan fingerprint density at radius 3 is 3.00 bits per heavy atom. The third-order valence-electron chi connectivity index (χ3n) is 4.16. The van der Waals surface area contributed by atoms with Gasteiger partial charge in [0.1, 0.15) is 5.01 Å². The second-order valence-electron chi connectivity index (χ2n) is 5.75. The van der Waals surface area contributed by atoms with E-state index < -0.39 is 0 Å². The van der Waals surface area contributed by atoms with E-state index in [0.29, 0.717) is 6.04 Å². The van der Waals surface area contributed by atoms with Gasteiger partial charge in [-0.1, -0.05) is 13.8 Å². The van der Waals surface area contributed by atoms with Crippen LogP contribution in [0.2, 0.25) is 0 Å². The molecule has 2 unspecified atom stereocenters. The molecule has 1 saturated heterocycles. The van der Waals surface area contributed by atoms with Crippen molar-refractivity contribution < 1.29 is 0 Å². The number of thiazole rings is 1. The van der Waals surface area contributed by atoms with E-state index in [2.05, 4.69) is 30.9 Å². The molecule has 1 N–H and O–H groups in total. The number of thioether (sulfide) groups is 1. The molecule has 0 bridgehead atoms. The smallest absolute Gasteiger partial charge is 0.111 e. The van der Waals surface area contributed by atoms with Crippen molar-refractivity contribution in [2.75, 3.05) is 18.1 Å². The first-order chi connectivity index (χ1) is 8.74. The van der Waals surface area contributed by atoms with E-state index in [-0.39, 0.29) is 0 Å². The number of rotatable bonds is 2. The van der Waals surface area contributed by atoms with E-state index in [1.54, 1.807) is 4.88 Å². The number of hydrogen-bond donors (Lipinski definition) is 1. The van der Waals surface area contributed by atoms with Crippen molar-refractivity contribution in [2.24, 2.45) is 11.8 Å². The van der Waals surface area contributed by atoms with Crippen molar-refractivity contribution in [3.63, 3.8) is 0 Å². The lowest BCUT2D eigenvalue weighted by Gasteiger charge is -2.24. The van der Waals surface area contributed by atoms with Crippen molar-refractivity contribution in [1.82, 2.24) is 10.3 Å². The molecular formula is C14H22N2S2. The largest absolute Gasteiger partial charge is 0.306 e. The summed E-state index contributed by atoms with van der Waals surface area (Å²) in [7, 11) is 0. The van der Waals surface area contributed by atoms with Gasteiger partial charge in [-0.15, -0.1) is 11.3 Å². The molecule has 2 atom stereocenters. The predicted molar refractivity (Wildman–Crippen MR) is 80.5 cm³/mol. The Balaban J connectivity index is 1.76. The molecule has 4 heteroatoms. The van der Waals surface area contributed by atoms with Crippen LogP contribution in [0.5, 0.6) is 0 Å². The van der Waals surface area contributed by atoms with Gasteiger partial charge in [-0.2, -0.15) is 11.8 Å². The monoisotopic (exact) mass is 282 g/mol. The Morgan fingerprint density at radius 1 is 1.39 bits per heavy atom. The van der Waals surface area contributed by atoms with Gasteiger partial charge < -0.3 is 5.32 Å². The average molecular weight is 282 g/mol. The zero-order valence-electron chi connectivity index (χ0n) is 11.2. The van der Waals surface area contributed by atoms with E-state index in [1.807, 2.05) is 11.3 Å². The van der Waals surface area contributed by atoms with Gasteiger partial charge in [0.05, 0.1) is 11.7 Å². The molecule has 100 valence electrons. The molecule has 2 heterocycles. The number of aryl methyl sites for hydroxylation is 1. The van der Waals surface area contributed by atoms with Gasteiger partial charge in [0.15, 0.2) is 0 Å². The van der Waals surface area contributed by atoms with Gasteiger partial charge in [-0.05, 0) is 31.1 Å². The molecule has 0 spiro atoms. The quantitative estimate of drug-likeness (QED) is 0.901. The summed E-state index contributed by atoms with van der Waals surface area (Å²) in [5, 5.41) is 4.95. The molecule has 1 aromatic heterocycles. The van der Waals surface area contributed by atoms with Crippen LogP contribution in [0.3, 0.4) is 0 Å². The van der Waals surface area contributed by atoms with Gasteiger partial charge in [0.25, 0.3) is 0 Å². The fourth-order valence-electron chi connectivity index (χ4n) is 2.86. The Labute approximate surface area is 118 Å². The van der Waals surface area contributed by atoms with Crippen LogP contribution in [-0.2, 0) is 12.8 Å². The lowest BCUT2D eigenvalue weighted by atomic mass is 9.83. The highest BCUT2D eigenvalue weighted by Crippen LogP contribution is 2.36. The molecule has 3 rings (SSSR count). The highest BCUT2D eigenvalue weighted by molar-refractivity contribution is 7.99. The predicted octanol–water partition coefficient (Wildman–Crippen LogP) is 3.28. The summed E-state index contributed by atoms with van der Waals surface area (Å²) < 4.78 is 0. The minimum atomic E-state index is 0.511. The van der Waals surface area contributed by atoms with E-state index in [1.165, 1.54) is 41.5 Å². The molecule has 1 fully saturated rings. The molecule has 18 heavy (non-hydrogen) atoms. The first-order valence-electron chi connectivity index (χ1n) is 7.03. The van der Waals surface area contributed by atoms with Crippen LogP contribution in [0.4, 0.5) is 0 Å². The molecule has 1 aromatic rings. The normalized spacial score (nSPS) is 28.4. The standard InChI is InChI=1S/C14H22N2S2/c1-9(2)10-3-4-11-13(7-10)18-14(16-11)12-8-17-6-5-15-12/h9-10,12,15H,3-8H2,1-2H3. The Morgan fingerprint density at radius 2 is 2.28 bits per heavy atom. The first kappa shape index (κ1) is 12.9. The molecule has 0 amide bonds. The minimum Gasteiger partial charge on any atom is -0.306 e. The molecule has 0 radical (unpaired) electrons. The maximum atomic E-state index is 4.91. The number of fused-ring (bicyclic) bond motifs is 1. The van der Waals surface area contributed by atoms with Gasteiger partial charge in [-0.3, -0.25) is 0 Å². The highest BCUT2D eigenvalue weighted by Gasteiger charge is 2.27. The van der Waals surface area contributed by atoms with Crippen molar-refractivity contribution in [1.29, 1.82) is 0 Å². The summed E-state index contributed by atoms with van der Waals surface area (Å²) >= 11 is 4.03. The average Bonchev–Trinajstić information content (AvgIpc) is 2.82. The van der Waals surface area contributed by atoms with Crippen LogP contribution in [0.1, 0.15) is 41.9 Å². The second-order valence-corrected chi connectivity index (χ2v) is 8.02. The molecular weight excluding hydrogens is 260 g/mol. The molecule has 1 aliphatic carbocycles. The Bertz CT molecular complexity index is 408. The molecule has 2 nitrogen and oxygen atoms in total. The fraction of sp³-hybridized carbons (Fsp3) is 0.786. The molecule has 2 aliphatic rings. The van der Waals surface area contributed by atoms with E-state index in [9.17, 15) is 0 Å². The van der Waals surface area contributed by atoms with Gasteiger partial charge in [-0.25, -0.2) is 4.98 Å². The summed E-state index contributed by atoms with van der Waals surface area (Å²) in [6.45, 7) is 5.85. The van der Waals surface area contributed by atoms with E-state index in [0.717, 1.165) is 18.4 Å². The Kier molecular flexibility index (Phi) is 3.97. The van der Waals surface area contributed by atoms with Gasteiger partial charge in [0, 0.05) is 22.9 Å². The lowest BCUT2D eigenvalue weighted by molar-refractivity contribution is 0.344. The number of hydrogen-bond acceptors (Lipinski definition) is 4. The highest BCUT2D eigenvalue weighted by atomic mass is 32.2. The summed E-state index contributed by atoms with van der Waals surface area (Å²) in [5.74, 6) is 4.13. The molecule has 0 aromatic carbocycles. The van der Waals surface area contributed by atoms with Gasteiger partial charge >= 0.3 is 0 Å². The first-order valence-corrected chi connectivity index (χ1v) is 9.00. The summed E-state index contributed by atoms with van der Waals surface area (Å²) in [6.07, 6.45) is 3.81. The Hall–Kier alpha value is -0.0600. The minimum absolute atomic E-state index is 0.511. The summed E-state index contributed by atoms with van der Waals surface area (Å²) in [4.78, 5) is 6.49. The number of nitrogens with zero attached hydrogens (tertiary/aromatic N) is 1. The van der Waals surface area contributed by atoms with Crippen LogP contribution in [-0.4, -0.2) is 23.0 Å². The van der Waals surface area contributed by atoms with Crippen molar-refractivity contribution >= 4 is 23.1 Å². The summed E-state index contributed by atoms with van der Waals surface area (Å²) in [6, 6.07) is 0.511. The van der Waals surface area contributed by atoms with Crippen LogP contribution < -0.4 is 5.32 Å². The zero-order valence-corrected chi connectivity index (χ0v) is 12.9. The van der Waals surface area contributed by atoms with Crippen LogP contribution >= 0.6 is 23.1 Å².